The number of anilines is 2. The number of thiophene rings is 1. The molecule has 12 heteroatoms. The lowest BCUT2D eigenvalue weighted by Gasteiger charge is -2.24. The number of nitrogens with one attached hydrogen (secondary N) is 2. The fourth-order valence-electron chi connectivity index (χ4n) is 4.46. The highest BCUT2D eigenvalue weighted by Crippen LogP contribution is 2.41. The Morgan fingerprint density at radius 1 is 1.40 bits per heavy atom. The summed E-state index contributed by atoms with van der Waals surface area (Å²) in [5.41, 5.74) is 11.3. The second-order valence-corrected chi connectivity index (χ2v) is 9.75. The maximum atomic E-state index is 12.5. The van der Waals surface area contributed by atoms with Crippen molar-refractivity contribution in [3.8, 4) is 5.75 Å². The standard InChI is InChI=1S/C23H25N9O2S/c1-32(2)23(33)13-4-5-15-19(9-13)35-22-20(15)21(25-12-26-22)29-17-8-14-11-28-30-16(14)10-18(17)34-7-3-6-27-31-24/h8,10-13H,3-7,9H2,1-2H3,(H,28,30)(H,25,26,29). The number of fused-ring (bicyclic) bond motifs is 4. The van der Waals surface area contributed by atoms with Gasteiger partial charge in [-0.25, -0.2) is 9.97 Å². The molecule has 1 atom stereocenters. The van der Waals surface area contributed by atoms with Gasteiger partial charge in [-0.2, -0.15) is 5.10 Å². The number of H-pyrrole nitrogens is 1. The number of rotatable bonds is 8. The van der Waals surface area contributed by atoms with Crippen LogP contribution in [0.1, 0.15) is 23.3 Å². The summed E-state index contributed by atoms with van der Waals surface area (Å²) in [6, 6.07) is 3.87. The van der Waals surface area contributed by atoms with Crippen molar-refractivity contribution in [1.82, 2.24) is 25.1 Å². The van der Waals surface area contributed by atoms with Crippen LogP contribution in [0.25, 0.3) is 31.6 Å². The summed E-state index contributed by atoms with van der Waals surface area (Å²) < 4.78 is 6.03. The van der Waals surface area contributed by atoms with Crippen LogP contribution in [0.2, 0.25) is 0 Å². The minimum Gasteiger partial charge on any atom is -0.491 e. The molecule has 180 valence electrons. The highest BCUT2D eigenvalue weighted by atomic mass is 32.1. The molecular formula is C23H25N9O2S. The molecule has 0 saturated carbocycles. The quantitative estimate of drug-likeness (QED) is 0.160. The SMILES string of the molecule is CN(C)C(=O)C1CCc2c(sc3ncnc(Nc4cc5cn[nH]c5cc4OCCCN=[N+]=[N-])c23)C1. The molecule has 11 nitrogen and oxygen atoms in total. The van der Waals surface area contributed by atoms with Crippen molar-refractivity contribution in [1.29, 1.82) is 0 Å². The highest BCUT2D eigenvalue weighted by molar-refractivity contribution is 7.19. The molecule has 0 fully saturated rings. The molecule has 0 saturated heterocycles. The van der Waals surface area contributed by atoms with Gasteiger partial charge in [-0.05, 0) is 42.8 Å². The number of ether oxygens (including phenoxy) is 1. The van der Waals surface area contributed by atoms with E-state index in [1.807, 2.05) is 26.2 Å². The minimum atomic E-state index is 0.00352. The van der Waals surface area contributed by atoms with Crippen LogP contribution in [0.3, 0.4) is 0 Å². The van der Waals surface area contributed by atoms with Crippen molar-refractivity contribution in [2.24, 2.45) is 11.0 Å². The number of hydrogen-bond acceptors (Lipinski definition) is 8. The molecule has 1 aliphatic carbocycles. The zero-order valence-corrected chi connectivity index (χ0v) is 20.3. The summed E-state index contributed by atoms with van der Waals surface area (Å²) >= 11 is 1.64. The molecule has 3 heterocycles. The van der Waals surface area contributed by atoms with Crippen molar-refractivity contribution >= 4 is 49.9 Å². The first kappa shape index (κ1) is 22.9. The monoisotopic (exact) mass is 491 g/mol. The van der Waals surface area contributed by atoms with Crippen LogP contribution >= 0.6 is 11.3 Å². The second-order valence-electron chi connectivity index (χ2n) is 8.67. The fraction of sp³-hybridized carbons (Fsp3) is 0.391. The van der Waals surface area contributed by atoms with Gasteiger partial charge in [0.2, 0.25) is 5.91 Å². The summed E-state index contributed by atoms with van der Waals surface area (Å²) in [4.78, 5) is 28.2. The van der Waals surface area contributed by atoms with Gasteiger partial charge in [-0.3, -0.25) is 9.89 Å². The van der Waals surface area contributed by atoms with E-state index >= 15 is 0 Å². The van der Waals surface area contributed by atoms with Crippen molar-refractivity contribution in [3.05, 3.63) is 45.5 Å². The molecular weight excluding hydrogens is 466 g/mol. The normalized spacial score (nSPS) is 15.0. The molecule has 1 amide bonds. The molecule has 2 N–H and O–H groups in total. The number of aromatic nitrogens is 4. The van der Waals surface area contributed by atoms with Gasteiger partial charge in [0.1, 0.15) is 22.7 Å². The van der Waals surface area contributed by atoms with Gasteiger partial charge in [-0.15, -0.1) is 11.3 Å². The maximum Gasteiger partial charge on any atom is 0.225 e. The Morgan fingerprint density at radius 2 is 2.29 bits per heavy atom. The average Bonchev–Trinajstić information content (AvgIpc) is 3.47. The average molecular weight is 492 g/mol. The first-order valence-electron chi connectivity index (χ1n) is 11.4. The Labute approximate surface area is 205 Å². The number of nitrogens with zero attached hydrogens (tertiary/aromatic N) is 7. The third-order valence-electron chi connectivity index (χ3n) is 6.15. The molecule has 0 bridgehead atoms. The van der Waals surface area contributed by atoms with Crippen molar-refractivity contribution in [2.45, 2.75) is 25.7 Å². The number of aromatic amines is 1. The van der Waals surface area contributed by atoms with Crippen molar-refractivity contribution < 1.29 is 9.53 Å². The van der Waals surface area contributed by atoms with Gasteiger partial charge in [-0.1, -0.05) is 5.11 Å². The van der Waals surface area contributed by atoms with E-state index in [0.717, 1.165) is 46.1 Å². The van der Waals surface area contributed by atoms with Gasteiger partial charge in [0.05, 0.1) is 29.4 Å². The number of aryl methyl sites for hydroxylation is 1. The van der Waals surface area contributed by atoms with E-state index in [9.17, 15) is 4.79 Å². The molecule has 0 aliphatic heterocycles. The van der Waals surface area contributed by atoms with E-state index in [4.69, 9.17) is 10.3 Å². The van der Waals surface area contributed by atoms with E-state index in [0.29, 0.717) is 31.1 Å². The van der Waals surface area contributed by atoms with Gasteiger partial charge in [0.15, 0.2) is 0 Å². The lowest BCUT2D eigenvalue weighted by atomic mass is 9.87. The highest BCUT2D eigenvalue weighted by Gasteiger charge is 2.30. The van der Waals surface area contributed by atoms with Gasteiger partial charge in [0, 0.05) is 47.8 Å². The Kier molecular flexibility index (Phi) is 6.39. The number of carbonyl (C=O) groups is 1. The number of azide groups is 1. The van der Waals surface area contributed by atoms with E-state index in [1.165, 1.54) is 10.4 Å². The Bertz CT molecular complexity index is 1440. The Morgan fingerprint density at radius 3 is 3.11 bits per heavy atom. The van der Waals surface area contributed by atoms with Crippen LogP contribution < -0.4 is 10.1 Å². The minimum absolute atomic E-state index is 0.00352. The van der Waals surface area contributed by atoms with Crippen LogP contribution in [0.15, 0.2) is 29.8 Å². The summed E-state index contributed by atoms with van der Waals surface area (Å²) in [5, 5.41) is 16.1. The molecule has 4 aromatic rings. The molecule has 0 spiro atoms. The van der Waals surface area contributed by atoms with Crippen LogP contribution in [-0.2, 0) is 17.6 Å². The number of carbonyl (C=O) groups excluding carboxylic acids is 1. The van der Waals surface area contributed by atoms with Crippen LogP contribution in [0.4, 0.5) is 11.5 Å². The van der Waals surface area contributed by atoms with E-state index in [2.05, 4.69) is 35.5 Å². The van der Waals surface area contributed by atoms with Gasteiger partial charge in [0.25, 0.3) is 0 Å². The van der Waals surface area contributed by atoms with Crippen molar-refractivity contribution in [3.63, 3.8) is 0 Å². The zero-order valence-electron chi connectivity index (χ0n) is 19.5. The fourth-order valence-corrected chi connectivity index (χ4v) is 5.73. The van der Waals surface area contributed by atoms with E-state index in [-0.39, 0.29) is 11.8 Å². The zero-order chi connectivity index (χ0) is 24.4. The smallest absolute Gasteiger partial charge is 0.225 e. The van der Waals surface area contributed by atoms with Gasteiger partial charge < -0.3 is 15.0 Å². The number of amides is 1. The molecule has 0 radical (unpaired) electrons. The molecule has 5 rings (SSSR count). The molecule has 3 aromatic heterocycles. The second kappa shape index (κ2) is 9.77. The molecule has 1 unspecified atom stereocenters. The third kappa shape index (κ3) is 4.58. The van der Waals surface area contributed by atoms with Crippen LogP contribution in [0.5, 0.6) is 5.75 Å². The van der Waals surface area contributed by atoms with E-state index < -0.39 is 0 Å². The Hall–Kier alpha value is -3.89. The van der Waals surface area contributed by atoms with Crippen molar-refractivity contribution in [2.75, 3.05) is 32.6 Å². The predicted octanol–water partition coefficient (Wildman–Crippen LogP) is 4.58. The molecule has 1 aromatic carbocycles. The maximum absolute atomic E-state index is 12.5. The summed E-state index contributed by atoms with van der Waals surface area (Å²) in [7, 11) is 3.62. The number of hydrogen-bond donors (Lipinski definition) is 2. The first-order valence-corrected chi connectivity index (χ1v) is 12.2. The topological polar surface area (TPSA) is 145 Å². The summed E-state index contributed by atoms with van der Waals surface area (Å²) in [5.74, 6) is 1.54. The Balaban J connectivity index is 1.47. The molecule has 1 aliphatic rings. The van der Waals surface area contributed by atoms with E-state index in [1.54, 1.807) is 28.8 Å². The first-order chi connectivity index (χ1) is 17.0. The predicted molar refractivity (Wildman–Crippen MR) is 135 cm³/mol. The van der Waals surface area contributed by atoms with Gasteiger partial charge >= 0.3 is 0 Å². The van der Waals surface area contributed by atoms with Crippen LogP contribution in [-0.4, -0.2) is 58.2 Å². The lowest BCUT2D eigenvalue weighted by Crippen LogP contribution is -2.32. The lowest BCUT2D eigenvalue weighted by molar-refractivity contribution is -0.133. The third-order valence-corrected chi connectivity index (χ3v) is 7.31. The summed E-state index contributed by atoms with van der Waals surface area (Å²) in [6.45, 7) is 0.776. The largest absolute Gasteiger partial charge is 0.491 e. The summed E-state index contributed by atoms with van der Waals surface area (Å²) in [6.07, 6.45) is 6.28. The van der Waals surface area contributed by atoms with Crippen LogP contribution in [0, 0.1) is 5.92 Å². The molecule has 35 heavy (non-hydrogen) atoms. The number of benzene rings is 1.